The van der Waals surface area contributed by atoms with E-state index in [0.29, 0.717) is 35.4 Å². The van der Waals surface area contributed by atoms with E-state index in [9.17, 15) is 8.42 Å². The van der Waals surface area contributed by atoms with Crippen molar-refractivity contribution in [1.29, 1.82) is 0 Å². The Hall–Kier alpha value is -0.130. The molecule has 2 fully saturated rings. The highest BCUT2D eigenvalue weighted by molar-refractivity contribution is 7.91. The third kappa shape index (κ3) is 3.95. The highest BCUT2D eigenvalue weighted by atomic mass is 32.2. The van der Waals surface area contributed by atoms with E-state index in [-0.39, 0.29) is 6.04 Å². The van der Waals surface area contributed by atoms with Gasteiger partial charge in [0, 0.05) is 25.2 Å². The van der Waals surface area contributed by atoms with Gasteiger partial charge in [0.25, 0.3) is 0 Å². The molecule has 1 saturated heterocycles. The molecule has 3 atom stereocenters. The smallest absolute Gasteiger partial charge is 0.153 e. The summed E-state index contributed by atoms with van der Waals surface area (Å²) < 4.78 is 23.4. The predicted molar refractivity (Wildman–Crippen MR) is 83.7 cm³/mol. The van der Waals surface area contributed by atoms with Gasteiger partial charge in [-0.05, 0) is 44.6 Å². The summed E-state index contributed by atoms with van der Waals surface area (Å²) in [5, 5.41) is 3.47. The van der Waals surface area contributed by atoms with E-state index in [1.165, 1.54) is 19.3 Å². The number of hydrogen-bond acceptors (Lipinski definition) is 4. The monoisotopic (exact) mass is 302 g/mol. The zero-order chi connectivity index (χ0) is 15.0. The molecule has 0 bridgehead atoms. The van der Waals surface area contributed by atoms with Gasteiger partial charge in [0.1, 0.15) is 0 Å². The first-order valence-electron chi connectivity index (χ1n) is 7.84. The molecule has 0 spiro atoms. The highest BCUT2D eigenvalue weighted by Crippen LogP contribution is 2.39. The normalized spacial score (nSPS) is 37.7. The van der Waals surface area contributed by atoms with Crippen molar-refractivity contribution in [2.24, 2.45) is 11.3 Å². The Balaban J connectivity index is 2.00. The van der Waals surface area contributed by atoms with Crippen LogP contribution >= 0.6 is 0 Å². The standard InChI is InChI=1S/C15H30N2O2S/c1-12-11-20(18,19)8-7-17(12)10-13-9-15(2,3)6-5-14(13)16-4/h12-14,16H,5-11H2,1-4H3. The van der Waals surface area contributed by atoms with Gasteiger partial charge in [0.15, 0.2) is 9.84 Å². The van der Waals surface area contributed by atoms with Crippen molar-refractivity contribution in [1.82, 2.24) is 10.2 Å². The fraction of sp³-hybridized carbons (Fsp3) is 1.00. The zero-order valence-corrected chi connectivity index (χ0v) is 14.2. The zero-order valence-electron chi connectivity index (χ0n) is 13.4. The van der Waals surface area contributed by atoms with Crippen LogP contribution in [0.1, 0.15) is 40.0 Å². The minimum absolute atomic E-state index is 0.163. The Kier molecular flexibility index (Phi) is 4.82. The van der Waals surface area contributed by atoms with E-state index >= 15 is 0 Å². The summed E-state index contributed by atoms with van der Waals surface area (Å²) in [6.07, 6.45) is 3.74. The van der Waals surface area contributed by atoms with Crippen molar-refractivity contribution in [3.05, 3.63) is 0 Å². The number of nitrogens with one attached hydrogen (secondary N) is 1. The molecule has 20 heavy (non-hydrogen) atoms. The number of nitrogens with zero attached hydrogens (tertiary/aromatic N) is 1. The van der Waals surface area contributed by atoms with E-state index in [0.717, 1.165) is 6.54 Å². The van der Waals surface area contributed by atoms with Gasteiger partial charge in [-0.25, -0.2) is 8.42 Å². The van der Waals surface area contributed by atoms with Crippen molar-refractivity contribution in [2.45, 2.75) is 52.1 Å². The number of hydrogen-bond donors (Lipinski definition) is 1. The molecule has 0 radical (unpaired) electrons. The van der Waals surface area contributed by atoms with E-state index < -0.39 is 9.84 Å². The number of rotatable bonds is 3. The summed E-state index contributed by atoms with van der Waals surface area (Å²) in [4.78, 5) is 2.39. The minimum Gasteiger partial charge on any atom is -0.317 e. The van der Waals surface area contributed by atoms with Crippen LogP contribution in [0, 0.1) is 11.3 Å². The van der Waals surface area contributed by atoms with Crippen LogP contribution < -0.4 is 5.32 Å². The lowest BCUT2D eigenvalue weighted by Crippen LogP contribution is -2.52. The third-order valence-electron chi connectivity index (χ3n) is 5.16. The van der Waals surface area contributed by atoms with Gasteiger partial charge in [-0.15, -0.1) is 0 Å². The molecular weight excluding hydrogens is 272 g/mol. The lowest BCUT2D eigenvalue weighted by Gasteiger charge is -2.44. The molecule has 0 aromatic carbocycles. The summed E-state index contributed by atoms with van der Waals surface area (Å²) >= 11 is 0. The van der Waals surface area contributed by atoms with E-state index in [4.69, 9.17) is 0 Å². The Morgan fingerprint density at radius 1 is 1.35 bits per heavy atom. The first-order chi connectivity index (χ1) is 9.22. The van der Waals surface area contributed by atoms with Crippen LogP contribution in [0.3, 0.4) is 0 Å². The van der Waals surface area contributed by atoms with Crippen LogP contribution in [0.15, 0.2) is 0 Å². The Bertz CT molecular complexity index is 433. The van der Waals surface area contributed by atoms with Crippen LogP contribution in [-0.4, -0.2) is 57.0 Å². The van der Waals surface area contributed by atoms with Crippen molar-refractivity contribution in [3.63, 3.8) is 0 Å². The first-order valence-corrected chi connectivity index (χ1v) is 9.66. The lowest BCUT2D eigenvalue weighted by molar-refractivity contribution is 0.0918. The molecule has 2 rings (SSSR count). The molecule has 1 aliphatic heterocycles. The van der Waals surface area contributed by atoms with Gasteiger partial charge in [0.05, 0.1) is 11.5 Å². The average Bonchev–Trinajstić information content (AvgIpc) is 2.31. The molecule has 2 aliphatic rings. The van der Waals surface area contributed by atoms with E-state index in [2.05, 4.69) is 38.0 Å². The summed E-state index contributed by atoms with van der Waals surface area (Å²) in [7, 11) is -0.749. The second kappa shape index (κ2) is 5.93. The molecule has 0 aromatic rings. The SMILES string of the molecule is CNC1CCC(C)(C)CC1CN1CCS(=O)(=O)CC1C. The van der Waals surface area contributed by atoms with Crippen molar-refractivity contribution >= 4 is 9.84 Å². The fourth-order valence-corrected chi connectivity index (χ4v) is 5.54. The maximum absolute atomic E-state index is 11.7. The minimum atomic E-state index is -2.80. The second-order valence-electron chi connectivity index (χ2n) is 7.52. The summed E-state index contributed by atoms with van der Waals surface area (Å²) in [5.74, 6) is 1.29. The second-order valence-corrected chi connectivity index (χ2v) is 9.75. The van der Waals surface area contributed by atoms with Gasteiger partial charge >= 0.3 is 0 Å². The van der Waals surface area contributed by atoms with Crippen LogP contribution in [0.5, 0.6) is 0 Å². The fourth-order valence-electron chi connectivity index (χ4n) is 3.91. The van der Waals surface area contributed by atoms with Gasteiger partial charge in [-0.2, -0.15) is 0 Å². The topological polar surface area (TPSA) is 49.4 Å². The Labute approximate surface area is 124 Å². The van der Waals surface area contributed by atoms with Crippen LogP contribution in [-0.2, 0) is 9.84 Å². The van der Waals surface area contributed by atoms with Gasteiger partial charge < -0.3 is 5.32 Å². The van der Waals surface area contributed by atoms with E-state index in [1.54, 1.807) is 0 Å². The van der Waals surface area contributed by atoms with E-state index in [1.807, 2.05) is 0 Å². The van der Waals surface area contributed by atoms with Crippen molar-refractivity contribution in [2.75, 3.05) is 31.6 Å². The highest BCUT2D eigenvalue weighted by Gasteiger charge is 2.37. The molecule has 1 saturated carbocycles. The lowest BCUT2D eigenvalue weighted by atomic mass is 9.69. The summed E-state index contributed by atoms with van der Waals surface area (Å²) in [6.45, 7) is 8.51. The van der Waals surface area contributed by atoms with Crippen LogP contribution in [0.25, 0.3) is 0 Å². The maximum Gasteiger partial charge on any atom is 0.153 e. The predicted octanol–water partition coefficient (Wildman–Crippen LogP) is 1.52. The molecule has 118 valence electrons. The molecule has 1 heterocycles. The molecule has 1 aliphatic carbocycles. The van der Waals surface area contributed by atoms with Gasteiger partial charge in [-0.1, -0.05) is 13.8 Å². The first kappa shape index (κ1) is 16.2. The molecule has 5 heteroatoms. The van der Waals surface area contributed by atoms with Crippen LogP contribution in [0.4, 0.5) is 0 Å². The molecule has 3 unspecified atom stereocenters. The third-order valence-corrected chi connectivity index (χ3v) is 6.96. The molecule has 0 aromatic heterocycles. The maximum atomic E-state index is 11.7. The van der Waals surface area contributed by atoms with Gasteiger partial charge in [-0.3, -0.25) is 4.90 Å². The molecular formula is C15H30N2O2S. The van der Waals surface area contributed by atoms with Crippen molar-refractivity contribution < 1.29 is 8.42 Å². The van der Waals surface area contributed by atoms with Gasteiger partial charge in [0.2, 0.25) is 0 Å². The summed E-state index contributed by atoms with van der Waals surface area (Å²) in [5.41, 5.74) is 0.420. The Morgan fingerprint density at radius 3 is 2.65 bits per heavy atom. The molecule has 1 N–H and O–H groups in total. The molecule has 0 amide bonds. The largest absolute Gasteiger partial charge is 0.317 e. The Morgan fingerprint density at radius 2 is 2.05 bits per heavy atom. The molecule has 4 nitrogen and oxygen atoms in total. The van der Waals surface area contributed by atoms with Crippen LogP contribution in [0.2, 0.25) is 0 Å². The quantitative estimate of drug-likeness (QED) is 0.859. The summed E-state index contributed by atoms with van der Waals surface area (Å²) in [6, 6.07) is 0.741. The number of sulfone groups is 1. The van der Waals surface area contributed by atoms with Crippen molar-refractivity contribution in [3.8, 4) is 0 Å². The average molecular weight is 302 g/mol.